The van der Waals surface area contributed by atoms with E-state index in [-0.39, 0.29) is 6.04 Å². The fourth-order valence-corrected chi connectivity index (χ4v) is 5.17. The summed E-state index contributed by atoms with van der Waals surface area (Å²) in [5.74, 6) is 0. The molecule has 2 N–H and O–H groups in total. The molecule has 0 bridgehead atoms. The summed E-state index contributed by atoms with van der Waals surface area (Å²) in [6, 6.07) is -0.0463. The van der Waals surface area contributed by atoms with Crippen LogP contribution in [-0.2, 0) is 10.2 Å². The molecule has 0 aliphatic heterocycles. The first-order chi connectivity index (χ1) is 9.81. The van der Waals surface area contributed by atoms with Gasteiger partial charge >= 0.3 is 0 Å². The Bertz CT molecular complexity index is 401. The highest BCUT2D eigenvalue weighted by Gasteiger charge is 2.44. The standard InChI is InChI=1S/C15H33N3O2S/c1-5-12-18(21(19,20)17(4)14(2)3)15(13-16)10-8-6-7-9-11-15/h14H,5-13,16H2,1-4H3. The van der Waals surface area contributed by atoms with Gasteiger partial charge in [0, 0.05) is 31.7 Å². The molecule has 0 heterocycles. The number of rotatable bonds is 7. The first-order valence-corrected chi connectivity index (χ1v) is 9.67. The molecule has 126 valence electrons. The van der Waals surface area contributed by atoms with Gasteiger partial charge in [0.1, 0.15) is 0 Å². The van der Waals surface area contributed by atoms with Crippen molar-refractivity contribution >= 4 is 10.2 Å². The smallest absolute Gasteiger partial charge is 0.282 e. The third-order valence-corrected chi connectivity index (χ3v) is 7.02. The van der Waals surface area contributed by atoms with Crippen molar-refractivity contribution in [3.63, 3.8) is 0 Å². The third-order valence-electron chi connectivity index (χ3n) is 4.74. The summed E-state index contributed by atoms with van der Waals surface area (Å²) >= 11 is 0. The monoisotopic (exact) mass is 319 g/mol. The zero-order chi connectivity index (χ0) is 16.1. The topological polar surface area (TPSA) is 66.6 Å². The number of hydrogen-bond acceptors (Lipinski definition) is 3. The molecule has 0 atom stereocenters. The van der Waals surface area contributed by atoms with Crippen LogP contribution in [0, 0.1) is 0 Å². The first kappa shape index (κ1) is 18.9. The van der Waals surface area contributed by atoms with Crippen LogP contribution in [0.15, 0.2) is 0 Å². The highest BCUT2D eigenvalue weighted by Crippen LogP contribution is 2.35. The Kier molecular flexibility index (Phi) is 7.10. The van der Waals surface area contributed by atoms with Crippen molar-refractivity contribution < 1.29 is 8.42 Å². The van der Waals surface area contributed by atoms with E-state index in [9.17, 15) is 8.42 Å². The third kappa shape index (κ3) is 4.18. The zero-order valence-corrected chi connectivity index (χ0v) is 15.0. The van der Waals surface area contributed by atoms with Gasteiger partial charge in [0.15, 0.2) is 0 Å². The molecule has 0 amide bonds. The number of hydrogen-bond donors (Lipinski definition) is 1. The Balaban J connectivity index is 3.18. The summed E-state index contributed by atoms with van der Waals surface area (Å²) in [6.07, 6.45) is 7.08. The molecule has 0 aromatic carbocycles. The quantitative estimate of drug-likeness (QED) is 0.732. The van der Waals surface area contributed by atoms with Gasteiger partial charge in [-0.05, 0) is 33.1 Å². The van der Waals surface area contributed by atoms with Gasteiger partial charge in [-0.2, -0.15) is 17.0 Å². The van der Waals surface area contributed by atoms with E-state index < -0.39 is 15.7 Å². The minimum Gasteiger partial charge on any atom is -0.329 e. The van der Waals surface area contributed by atoms with Gasteiger partial charge in [-0.25, -0.2) is 0 Å². The molecular formula is C15H33N3O2S. The molecule has 1 aliphatic rings. The molecule has 1 saturated carbocycles. The van der Waals surface area contributed by atoms with Gasteiger partial charge in [0.05, 0.1) is 0 Å². The lowest BCUT2D eigenvalue weighted by Gasteiger charge is -2.44. The second kappa shape index (κ2) is 7.90. The molecule has 5 nitrogen and oxygen atoms in total. The van der Waals surface area contributed by atoms with Gasteiger partial charge in [-0.1, -0.05) is 32.6 Å². The molecule has 1 fully saturated rings. The molecule has 0 aromatic heterocycles. The Morgan fingerprint density at radius 2 is 1.67 bits per heavy atom. The maximum Gasteiger partial charge on any atom is 0.282 e. The van der Waals surface area contributed by atoms with Gasteiger partial charge in [0.2, 0.25) is 0 Å². The van der Waals surface area contributed by atoms with Crippen LogP contribution in [0.4, 0.5) is 0 Å². The molecule has 21 heavy (non-hydrogen) atoms. The van der Waals surface area contributed by atoms with Crippen molar-refractivity contribution in [2.24, 2.45) is 5.73 Å². The molecule has 0 aromatic rings. The molecule has 0 unspecified atom stereocenters. The van der Waals surface area contributed by atoms with Crippen molar-refractivity contribution in [1.82, 2.24) is 8.61 Å². The Morgan fingerprint density at radius 1 is 1.14 bits per heavy atom. The Hall–Kier alpha value is -0.170. The predicted molar refractivity (Wildman–Crippen MR) is 88.3 cm³/mol. The van der Waals surface area contributed by atoms with Gasteiger partial charge < -0.3 is 5.73 Å². The average Bonchev–Trinajstić information content (AvgIpc) is 2.69. The molecule has 1 rings (SSSR count). The fraction of sp³-hybridized carbons (Fsp3) is 1.00. The molecule has 0 radical (unpaired) electrons. The van der Waals surface area contributed by atoms with Crippen LogP contribution in [0.3, 0.4) is 0 Å². The van der Waals surface area contributed by atoms with Crippen LogP contribution >= 0.6 is 0 Å². The van der Waals surface area contributed by atoms with Crippen molar-refractivity contribution in [3.05, 3.63) is 0 Å². The minimum atomic E-state index is -3.46. The van der Waals surface area contributed by atoms with Crippen molar-refractivity contribution in [3.8, 4) is 0 Å². The normalized spacial score (nSPS) is 20.2. The SMILES string of the molecule is CCCN(C1(CN)CCCCCC1)S(=O)(=O)N(C)C(C)C. The summed E-state index contributed by atoms with van der Waals surface area (Å²) < 4.78 is 29.3. The highest BCUT2D eigenvalue weighted by molar-refractivity contribution is 7.86. The summed E-state index contributed by atoms with van der Waals surface area (Å²) in [5, 5.41) is 0. The Labute approximate surface area is 131 Å². The van der Waals surface area contributed by atoms with Crippen LogP contribution < -0.4 is 5.73 Å². The lowest BCUT2D eigenvalue weighted by atomic mass is 9.90. The van der Waals surface area contributed by atoms with E-state index in [0.29, 0.717) is 13.1 Å². The van der Waals surface area contributed by atoms with E-state index in [4.69, 9.17) is 5.73 Å². The first-order valence-electron chi connectivity index (χ1n) is 8.27. The van der Waals surface area contributed by atoms with Gasteiger partial charge in [-0.3, -0.25) is 0 Å². The number of nitrogens with zero attached hydrogens (tertiary/aromatic N) is 2. The summed E-state index contributed by atoms with van der Waals surface area (Å²) in [4.78, 5) is 0. The van der Waals surface area contributed by atoms with Crippen LogP contribution in [0.1, 0.15) is 65.7 Å². The molecule has 0 saturated heterocycles. The fourth-order valence-electron chi connectivity index (χ4n) is 3.16. The minimum absolute atomic E-state index is 0.0463. The largest absolute Gasteiger partial charge is 0.329 e. The maximum absolute atomic E-state index is 13.0. The second-order valence-electron chi connectivity index (χ2n) is 6.53. The van der Waals surface area contributed by atoms with Crippen molar-refractivity contribution in [2.75, 3.05) is 20.1 Å². The van der Waals surface area contributed by atoms with E-state index in [1.807, 2.05) is 20.8 Å². The van der Waals surface area contributed by atoms with Crippen LogP contribution in [-0.4, -0.2) is 48.7 Å². The van der Waals surface area contributed by atoms with E-state index in [1.165, 1.54) is 17.1 Å². The van der Waals surface area contributed by atoms with E-state index in [1.54, 1.807) is 11.4 Å². The average molecular weight is 320 g/mol. The zero-order valence-electron chi connectivity index (χ0n) is 14.1. The van der Waals surface area contributed by atoms with Crippen LogP contribution in [0.25, 0.3) is 0 Å². The van der Waals surface area contributed by atoms with E-state index in [0.717, 1.165) is 32.1 Å². The number of nitrogens with two attached hydrogens (primary N) is 1. The predicted octanol–water partition coefficient (Wildman–Crippen LogP) is 2.34. The summed E-state index contributed by atoms with van der Waals surface area (Å²) in [6.45, 7) is 6.81. The Morgan fingerprint density at radius 3 is 2.05 bits per heavy atom. The maximum atomic E-state index is 13.0. The molecular weight excluding hydrogens is 286 g/mol. The second-order valence-corrected chi connectivity index (χ2v) is 8.44. The van der Waals surface area contributed by atoms with Gasteiger partial charge in [-0.15, -0.1) is 0 Å². The lowest BCUT2D eigenvalue weighted by Crippen LogP contribution is -2.60. The molecule has 0 spiro atoms. The molecule has 1 aliphatic carbocycles. The van der Waals surface area contributed by atoms with Gasteiger partial charge in [0.25, 0.3) is 10.2 Å². The summed E-state index contributed by atoms with van der Waals surface area (Å²) in [7, 11) is -1.79. The highest BCUT2D eigenvalue weighted by atomic mass is 32.2. The van der Waals surface area contributed by atoms with E-state index >= 15 is 0 Å². The lowest BCUT2D eigenvalue weighted by molar-refractivity contribution is 0.155. The van der Waals surface area contributed by atoms with Crippen molar-refractivity contribution in [1.29, 1.82) is 0 Å². The van der Waals surface area contributed by atoms with E-state index in [2.05, 4.69) is 0 Å². The molecule has 6 heteroatoms. The van der Waals surface area contributed by atoms with Crippen LogP contribution in [0.2, 0.25) is 0 Å². The summed E-state index contributed by atoms with van der Waals surface area (Å²) in [5.41, 5.74) is 5.69. The van der Waals surface area contributed by atoms with Crippen LogP contribution in [0.5, 0.6) is 0 Å². The van der Waals surface area contributed by atoms with Crippen molar-refractivity contribution in [2.45, 2.75) is 77.3 Å².